The van der Waals surface area contributed by atoms with E-state index in [2.05, 4.69) is 0 Å². The minimum absolute atomic E-state index is 0.124. The van der Waals surface area contributed by atoms with Gasteiger partial charge < -0.3 is 5.73 Å². The summed E-state index contributed by atoms with van der Waals surface area (Å²) in [6.07, 6.45) is 0. The van der Waals surface area contributed by atoms with E-state index < -0.39 is 23.2 Å². The Labute approximate surface area is 121 Å². The summed E-state index contributed by atoms with van der Waals surface area (Å²) in [4.78, 5) is 35.3. The van der Waals surface area contributed by atoms with E-state index in [0.717, 1.165) is 10.6 Å². The van der Waals surface area contributed by atoms with Crippen LogP contribution in [0.4, 0.5) is 10.2 Å². The van der Waals surface area contributed by atoms with Crippen molar-refractivity contribution in [2.45, 2.75) is 0 Å². The van der Waals surface area contributed by atoms with E-state index in [9.17, 15) is 18.8 Å². The molecular formula is C13H7ClFN3O3. The lowest BCUT2D eigenvalue weighted by Gasteiger charge is -2.12. The topological polar surface area (TPSA) is 94.2 Å². The van der Waals surface area contributed by atoms with Crippen LogP contribution in [-0.2, 0) is 0 Å². The van der Waals surface area contributed by atoms with Gasteiger partial charge in [-0.25, -0.2) is 4.39 Å². The second kappa shape index (κ2) is 4.42. The highest BCUT2D eigenvalue weighted by Crippen LogP contribution is 2.26. The van der Waals surface area contributed by atoms with Crippen molar-refractivity contribution in [1.82, 2.24) is 9.88 Å². The summed E-state index contributed by atoms with van der Waals surface area (Å²) in [6.45, 7) is 0. The Morgan fingerprint density at radius 3 is 2.62 bits per heavy atom. The van der Waals surface area contributed by atoms with Crippen LogP contribution in [0.5, 0.6) is 0 Å². The second-order valence-electron chi connectivity index (χ2n) is 4.35. The molecule has 3 rings (SSSR count). The first-order valence-electron chi connectivity index (χ1n) is 5.77. The van der Waals surface area contributed by atoms with Crippen LogP contribution in [0.15, 0.2) is 29.1 Å². The smallest absolute Gasteiger partial charge is 0.262 e. The highest BCUT2D eigenvalue weighted by Gasteiger charge is 2.32. The maximum Gasteiger partial charge on any atom is 0.262 e. The van der Waals surface area contributed by atoms with Crippen molar-refractivity contribution < 1.29 is 14.0 Å². The van der Waals surface area contributed by atoms with E-state index in [-0.39, 0.29) is 27.7 Å². The molecule has 0 spiro atoms. The van der Waals surface area contributed by atoms with Gasteiger partial charge in [-0.15, -0.1) is 0 Å². The predicted molar refractivity (Wildman–Crippen MR) is 73.2 cm³/mol. The highest BCUT2D eigenvalue weighted by atomic mass is 35.5. The zero-order valence-electron chi connectivity index (χ0n) is 10.3. The standard InChI is InChI=1S/C13H7ClFN3O3/c14-6-2-1-3-7(10(6)15)18-8(19)4-5-9(11(18)16)13(21)17-12(5)20/h1-4H,16H2,(H,17,20,21). The number of hydrogen-bond donors (Lipinski definition) is 2. The number of nitrogens with one attached hydrogen (secondary N) is 1. The molecule has 0 saturated heterocycles. The van der Waals surface area contributed by atoms with E-state index >= 15 is 0 Å². The number of pyridine rings is 1. The average molecular weight is 308 g/mol. The van der Waals surface area contributed by atoms with E-state index in [1.165, 1.54) is 18.2 Å². The van der Waals surface area contributed by atoms with E-state index in [0.29, 0.717) is 0 Å². The summed E-state index contributed by atoms with van der Waals surface area (Å²) in [5, 5.41) is 1.83. The van der Waals surface area contributed by atoms with Crippen LogP contribution in [0.3, 0.4) is 0 Å². The average Bonchev–Trinajstić information content (AvgIpc) is 2.69. The number of imide groups is 1. The molecule has 8 heteroatoms. The molecular weight excluding hydrogens is 301 g/mol. The fourth-order valence-electron chi connectivity index (χ4n) is 2.19. The maximum absolute atomic E-state index is 14.1. The molecule has 3 N–H and O–H groups in total. The molecule has 1 aromatic carbocycles. The van der Waals surface area contributed by atoms with Gasteiger partial charge in [0.05, 0.1) is 21.8 Å². The van der Waals surface area contributed by atoms with Crippen molar-refractivity contribution in [3.8, 4) is 5.69 Å². The lowest BCUT2D eigenvalue weighted by molar-refractivity contribution is 0.0880. The number of rotatable bonds is 1. The van der Waals surface area contributed by atoms with Crippen LogP contribution in [0.1, 0.15) is 20.7 Å². The minimum Gasteiger partial charge on any atom is -0.384 e. The van der Waals surface area contributed by atoms with Gasteiger partial charge in [0.1, 0.15) is 5.82 Å². The van der Waals surface area contributed by atoms with Crippen molar-refractivity contribution in [3.63, 3.8) is 0 Å². The quantitative estimate of drug-likeness (QED) is 0.771. The Hall–Kier alpha value is -2.67. The first-order valence-corrected chi connectivity index (χ1v) is 6.15. The Kier molecular flexibility index (Phi) is 2.80. The van der Waals surface area contributed by atoms with E-state index in [1.54, 1.807) is 0 Å². The molecule has 0 saturated carbocycles. The van der Waals surface area contributed by atoms with Crippen LogP contribution in [0, 0.1) is 5.82 Å². The summed E-state index contributed by atoms with van der Waals surface area (Å²) in [6, 6.07) is 4.97. The van der Waals surface area contributed by atoms with Crippen molar-refractivity contribution in [2.75, 3.05) is 5.73 Å². The number of carbonyl (C=O) groups excluding carboxylic acids is 2. The molecule has 6 nitrogen and oxygen atoms in total. The van der Waals surface area contributed by atoms with Crippen LogP contribution >= 0.6 is 11.6 Å². The van der Waals surface area contributed by atoms with Gasteiger partial charge in [-0.05, 0) is 12.1 Å². The lowest BCUT2D eigenvalue weighted by Crippen LogP contribution is -2.24. The number of carbonyl (C=O) groups is 2. The number of amides is 2. The molecule has 1 aromatic heterocycles. The van der Waals surface area contributed by atoms with Gasteiger partial charge in [-0.2, -0.15) is 0 Å². The molecule has 21 heavy (non-hydrogen) atoms. The Morgan fingerprint density at radius 2 is 1.90 bits per heavy atom. The zero-order chi connectivity index (χ0) is 15.3. The number of nitrogen functional groups attached to an aromatic ring is 1. The zero-order valence-corrected chi connectivity index (χ0v) is 11.1. The largest absolute Gasteiger partial charge is 0.384 e. The number of nitrogens with zero attached hydrogens (tertiary/aromatic N) is 1. The number of nitrogens with two attached hydrogens (primary N) is 1. The molecule has 2 heterocycles. The van der Waals surface area contributed by atoms with Crippen LogP contribution in [0.2, 0.25) is 5.02 Å². The van der Waals surface area contributed by atoms with E-state index in [1.807, 2.05) is 5.32 Å². The van der Waals surface area contributed by atoms with Gasteiger partial charge in [-0.3, -0.25) is 24.3 Å². The fraction of sp³-hybridized carbons (Fsp3) is 0. The molecule has 2 amide bonds. The van der Waals surface area contributed by atoms with Gasteiger partial charge in [-0.1, -0.05) is 17.7 Å². The number of anilines is 1. The van der Waals surface area contributed by atoms with E-state index in [4.69, 9.17) is 17.3 Å². The summed E-state index contributed by atoms with van der Waals surface area (Å²) in [7, 11) is 0. The number of halogens is 2. The van der Waals surface area contributed by atoms with Crippen LogP contribution < -0.4 is 16.6 Å². The second-order valence-corrected chi connectivity index (χ2v) is 4.76. The Bertz CT molecular complexity index is 876. The number of fused-ring (bicyclic) bond motifs is 1. The molecule has 0 fully saturated rings. The molecule has 0 atom stereocenters. The minimum atomic E-state index is -0.849. The predicted octanol–water partition coefficient (Wildman–Crippen LogP) is 1.10. The summed E-state index contributed by atoms with van der Waals surface area (Å²) in [5.74, 6) is -2.61. The number of benzene rings is 1. The maximum atomic E-state index is 14.1. The van der Waals surface area contributed by atoms with Gasteiger partial charge in [0.2, 0.25) is 0 Å². The molecule has 1 aliphatic rings. The van der Waals surface area contributed by atoms with Crippen molar-refractivity contribution in [3.05, 3.63) is 56.6 Å². The fourth-order valence-corrected chi connectivity index (χ4v) is 2.36. The van der Waals surface area contributed by atoms with Gasteiger partial charge in [0.15, 0.2) is 5.82 Å². The summed E-state index contributed by atoms with van der Waals surface area (Å²) >= 11 is 5.67. The van der Waals surface area contributed by atoms with Gasteiger partial charge in [0, 0.05) is 6.07 Å². The lowest BCUT2D eigenvalue weighted by atomic mass is 10.1. The SMILES string of the molecule is Nc1c2c(cc(=O)n1-c1cccc(Cl)c1F)C(=O)NC2=O. The Morgan fingerprint density at radius 1 is 1.19 bits per heavy atom. The molecule has 0 radical (unpaired) electrons. The third-order valence-corrected chi connectivity index (χ3v) is 3.42. The molecule has 0 unspecified atom stereocenters. The van der Waals surface area contributed by atoms with Gasteiger partial charge in [0.25, 0.3) is 17.4 Å². The highest BCUT2D eigenvalue weighted by molar-refractivity contribution is 6.31. The molecule has 1 aliphatic heterocycles. The molecule has 0 aliphatic carbocycles. The molecule has 0 bridgehead atoms. The molecule has 2 aromatic rings. The normalized spacial score (nSPS) is 13.2. The third-order valence-electron chi connectivity index (χ3n) is 3.13. The number of hydrogen-bond acceptors (Lipinski definition) is 4. The first kappa shape index (κ1) is 13.3. The molecule has 106 valence electrons. The van der Waals surface area contributed by atoms with Crippen molar-refractivity contribution >= 4 is 29.2 Å². The summed E-state index contributed by atoms with van der Waals surface area (Å²) < 4.78 is 14.9. The van der Waals surface area contributed by atoms with Gasteiger partial charge >= 0.3 is 0 Å². The number of aromatic nitrogens is 1. The third kappa shape index (κ3) is 1.82. The van der Waals surface area contributed by atoms with Crippen LogP contribution in [0.25, 0.3) is 5.69 Å². The Balaban J connectivity index is 2.39. The first-order chi connectivity index (χ1) is 9.91. The van der Waals surface area contributed by atoms with Crippen molar-refractivity contribution in [1.29, 1.82) is 0 Å². The summed E-state index contributed by atoms with van der Waals surface area (Å²) in [5.41, 5.74) is 4.57. The monoisotopic (exact) mass is 307 g/mol. The van der Waals surface area contributed by atoms with Crippen molar-refractivity contribution in [2.24, 2.45) is 0 Å². The van der Waals surface area contributed by atoms with Crippen LogP contribution in [-0.4, -0.2) is 16.4 Å².